The maximum atomic E-state index is 13.8. The number of hydrogen-bond donors (Lipinski definition) is 1. The molecule has 3 aromatic rings. The Kier molecular flexibility index (Phi) is 2.19. The van der Waals surface area contributed by atoms with Crippen molar-refractivity contribution in [3.05, 3.63) is 35.9 Å². The van der Waals surface area contributed by atoms with Crippen LogP contribution in [0.3, 0.4) is 0 Å². The first-order valence-corrected chi connectivity index (χ1v) is 5.25. The Morgan fingerprint density at radius 2 is 2.11 bits per heavy atom. The lowest BCUT2D eigenvalue weighted by Gasteiger charge is -2.04. The zero-order chi connectivity index (χ0) is 12.7. The van der Waals surface area contributed by atoms with E-state index >= 15 is 0 Å². The van der Waals surface area contributed by atoms with Crippen molar-refractivity contribution in [1.82, 2.24) is 25.0 Å². The van der Waals surface area contributed by atoms with E-state index in [0.29, 0.717) is 11.2 Å². The summed E-state index contributed by atoms with van der Waals surface area (Å²) in [5, 5.41) is 7.73. The zero-order valence-electron chi connectivity index (χ0n) is 9.50. The van der Waals surface area contributed by atoms with Crippen LogP contribution in [0.1, 0.15) is 5.56 Å². The highest BCUT2D eigenvalue weighted by Gasteiger charge is 2.14. The second kappa shape index (κ2) is 3.73. The van der Waals surface area contributed by atoms with Crippen molar-refractivity contribution in [2.45, 2.75) is 6.92 Å². The number of fused-ring (bicyclic) bond motifs is 1. The fourth-order valence-corrected chi connectivity index (χ4v) is 1.71. The second-order valence-corrected chi connectivity index (χ2v) is 3.89. The summed E-state index contributed by atoms with van der Waals surface area (Å²) in [5.74, 6) is -0.177. The first-order valence-electron chi connectivity index (χ1n) is 5.25. The topological polar surface area (TPSA) is 82.5 Å². The molecule has 6 nitrogen and oxygen atoms in total. The van der Waals surface area contributed by atoms with Crippen molar-refractivity contribution in [3.63, 3.8) is 0 Å². The van der Waals surface area contributed by atoms with Gasteiger partial charge in [0.25, 0.3) is 0 Å². The van der Waals surface area contributed by atoms with Gasteiger partial charge in [-0.3, -0.25) is 0 Å². The summed E-state index contributed by atoms with van der Waals surface area (Å²) in [7, 11) is 0. The summed E-state index contributed by atoms with van der Waals surface area (Å²) in [4.78, 5) is 7.84. The lowest BCUT2D eigenvalue weighted by Crippen LogP contribution is -2.02. The fourth-order valence-electron chi connectivity index (χ4n) is 1.71. The average Bonchev–Trinajstić information content (AvgIpc) is 2.77. The molecule has 3 rings (SSSR count). The molecular formula is C11H9FN6. The molecule has 0 bridgehead atoms. The molecule has 0 saturated carbocycles. The summed E-state index contributed by atoms with van der Waals surface area (Å²) < 4.78 is 15.1. The first-order chi connectivity index (χ1) is 8.66. The number of aromatic nitrogens is 5. The number of hydrogen-bond acceptors (Lipinski definition) is 5. The van der Waals surface area contributed by atoms with Crippen LogP contribution in [-0.2, 0) is 0 Å². The van der Waals surface area contributed by atoms with Gasteiger partial charge in [0.05, 0.1) is 0 Å². The highest BCUT2D eigenvalue weighted by atomic mass is 19.1. The molecule has 0 saturated heterocycles. The van der Waals surface area contributed by atoms with Crippen LogP contribution in [0, 0.1) is 12.7 Å². The normalized spacial score (nSPS) is 11.0. The van der Waals surface area contributed by atoms with Crippen molar-refractivity contribution in [2.24, 2.45) is 0 Å². The van der Waals surface area contributed by atoms with Crippen LogP contribution in [0.5, 0.6) is 0 Å². The van der Waals surface area contributed by atoms with Gasteiger partial charge in [0.15, 0.2) is 17.0 Å². The Balaban J connectivity index is 2.32. The number of benzene rings is 1. The van der Waals surface area contributed by atoms with Crippen molar-refractivity contribution in [3.8, 4) is 5.69 Å². The Morgan fingerprint density at radius 3 is 2.94 bits per heavy atom. The molecule has 0 fully saturated rings. The summed E-state index contributed by atoms with van der Waals surface area (Å²) >= 11 is 0. The maximum Gasteiger partial charge on any atom is 0.189 e. The van der Waals surface area contributed by atoms with Crippen LogP contribution in [0.15, 0.2) is 24.5 Å². The third-order valence-electron chi connectivity index (χ3n) is 2.60. The highest BCUT2D eigenvalue weighted by molar-refractivity contribution is 5.81. The Bertz CT molecular complexity index is 735. The maximum absolute atomic E-state index is 13.8. The van der Waals surface area contributed by atoms with Crippen LogP contribution in [-0.4, -0.2) is 25.0 Å². The van der Waals surface area contributed by atoms with Gasteiger partial charge in [0.2, 0.25) is 0 Å². The zero-order valence-corrected chi connectivity index (χ0v) is 9.50. The Hall–Kier alpha value is -2.57. The van der Waals surface area contributed by atoms with E-state index in [0.717, 1.165) is 5.56 Å². The van der Waals surface area contributed by atoms with E-state index in [1.165, 1.54) is 17.1 Å². The number of nitrogens with zero attached hydrogens (tertiary/aromatic N) is 5. The minimum absolute atomic E-state index is 0.222. The van der Waals surface area contributed by atoms with E-state index in [2.05, 4.69) is 20.3 Å². The van der Waals surface area contributed by atoms with Gasteiger partial charge in [-0.2, -0.15) is 4.68 Å². The number of anilines is 1. The van der Waals surface area contributed by atoms with Gasteiger partial charge < -0.3 is 5.73 Å². The van der Waals surface area contributed by atoms with E-state index in [1.807, 2.05) is 6.92 Å². The van der Waals surface area contributed by atoms with Crippen molar-refractivity contribution < 1.29 is 4.39 Å². The summed E-state index contributed by atoms with van der Waals surface area (Å²) in [6, 6.07) is 4.73. The predicted octanol–water partition coefficient (Wildman–Crippen LogP) is 1.24. The van der Waals surface area contributed by atoms with Gasteiger partial charge in [-0.1, -0.05) is 11.3 Å². The van der Waals surface area contributed by atoms with Crippen molar-refractivity contribution >= 4 is 17.0 Å². The smallest absolute Gasteiger partial charge is 0.189 e. The van der Waals surface area contributed by atoms with Crippen LogP contribution >= 0.6 is 0 Å². The summed E-state index contributed by atoms with van der Waals surface area (Å²) in [5.41, 5.74) is 7.60. The molecule has 2 aromatic heterocycles. The first kappa shape index (κ1) is 10.6. The number of rotatable bonds is 1. The molecule has 0 amide bonds. The lowest BCUT2D eigenvalue weighted by atomic mass is 10.2. The number of halogens is 1. The van der Waals surface area contributed by atoms with Crippen molar-refractivity contribution in [1.29, 1.82) is 0 Å². The number of nitrogen functional groups attached to an aromatic ring is 1. The van der Waals surface area contributed by atoms with E-state index in [-0.39, 0.29) is 11.5 Å². The lowest BCUT2D eigenvalue weighted by molar-refractivity contribution is 0.608. The molecule has 0 aliphatic rings. The molecule has 2 N–H and O–H groups in total. The second-order valence-electron chi connectivity index (χ2n) is 3.89. The van der Waals surface area contributed by atoms with Gasteiger partial charge in [0, 0.05) is 0 Å². The molecule has 7 heteroatoms. The molecule has 0 aliphatic carbocycles. The molecule has 0 aliphatic heterocycles. The fraction of sp³-hybridized carbons (Fsp3) is 0.0909. The van der Waals surface area contributed by atoms with E-state index < -0.39 is 5.82 Å². The van der Waals surface area contributed by atoms with E-state index in [4.69, 9.17) is 5.73 Å². The molecule has 90 valence electrons. The molecule has 1 aromatic carbocycles. The third-order valence-corrected chi connectivity index (χ3v) is 2.60. The summed E-state index contributed by atoms with van der Waals surface area (Å²) in [6.07, 6.45) is 1.30. The van der Waals surface area contributed by atoms with Gasteiger partial charge in [-0.15, -0.1) is 5.10 Å². The van der Waals surface area contributed by atoms with Gasteiger partial charge in [-0.05, 0) is 24.6 Å². The summed E-state index contributed by atoms with van der Waals surface area (Å²) in [6.45, 7) is 1.87. The third kappa shape index (κ3) is 1.48. The monoisotopic (exact) mass is 244 g/mol. The Labute approximate surface area is 101 Å². The Morgan fingerprint density at radius 1 is 1.28 bits per heavy atom. The largest absolute Gasteiger partial charge is 0.382 e. The van der Waals surface area contributed by atoms with Gasteiger partial charge >= 0.3 is 0 Å². The molecular weight excluding hydrogens is 235 g/mol. The van der Waals surface area contributed by atoms with Crippen LogP contribution in [0.25, 0.3) is 16.9 Å². The average molecular weight is 244 g/mol. The molecule has 0 spiro atoms. The SMILES string of the molecule is Cc1ccc(F)c(-n2nnc3c(N)ncnc32)c1. The standard InChI is InChI=1S/C11H9FN6/c1-6-2-3-7(12)8(4-6)18-11-9(16-17-18)10(13)14-5-15-11/h2-5H,1H3,(H2,13,14,15). The number of nitrogens with two attached hydrogens (primary N) is 1. The van der Waals surface area contributed by atoms with Crippen LogP contribution in [0.2, 0.25) is 0 Å². The van der Waals surface area contributed by atoms with Crippen molar-refractivity contribution in [2.75, 3.05) is 5.73 Å². The van der Waals surface area contributed by atoms with E-state index in [1.54, 1.807) is 12.1 Å². The van der Waals surface area contributed by atoms with Gasteiger partial charge in [-0.25, -0.2) is 14.4 Å². The quantitative estimate of drug-likeness (QED) is 0.696. The minimum Gasteiger partial charge on any atom is -0.382 e. The van der Waals surface area contributed by atoms with E-state index in [9.17, 15) is 4.39 Å². The van der Waals surface area contributed by atoms with Crippen LogP contribution in [0.4, 0.5) is 10.2 Å². The molecule has 2 heterocycles. The highest BCUT2D eigenvalue weighted by Crippen LogP contribution is 2.20. The number of aryl methyl sites for hydroxylation is 1. The molecule has 18 heavy (non-hydrogen) atoms. The molecule has 0 atom stereocenters. The minimum atomic E-state index is -0.399. The molecule has 0 radical (unpaired) electrons. The molecule has 0 unspecified atom stereocenters. The predicted molar refractivity (Wildman–Crippen MR) is 63.6 cm³/mol. The van der Waals surface area contributed by atoms with Crippen LogP contribution < -0.4 is 5.73 Å². The van der Waals surface area contributed by atoms with Gasteiger partial charge in [0.1, 0.15) is 17.8 Å².